The Hall–Kier alpha value is -3.70. The number of imidazole rings is 2. The van der Waals surface area contributed by atoms with Crippen molar-refractivity contribution in [1.29, 1.82) is 0 Å². The van der Waals surface area contributed by atoms with Crippen LogP contribution in [-0.4, -0.2) is 39.0 Å². The number of hydrogen-bond acceptors (Lipinski definition) is 8. The molecular weight excluding hydrogens is 340 g/mol. The summed E-state index contributed by atoms with van der Waals surface area (Å²) in [6, 6.07) is 0. The average molecular weight is 358 g/mol. The zero-order valence-corrected chi connectivity index (χ0v) is 14.2. The number of H-pyrrole nitrogens is 2. The fraction of sp³-hybridized carbons (Fsp3) is 0.286. The van der Waals surface area contributed by atoms with Crippen molar-refractivity contribution in [3.05, 3.63) is 33.4 Å². The maximum absolute atomic E-state index is 11.3. The first-order valence-electron chi connectivity index (χ1n) is 7.85. The molecule has 4 heterocycles. The number of nitrogens with zero attached hydrogens (tertiary/aromatic N) is 6. The summed E-state index contributed by atoms with van der Waals surface area (Å²) in [5.74, 6) is 0.236. The number of fused-ring (bicyclic) bond motifs is 2. The summed E-state index contributed by atoms with van der Waals surface area (Å²) in [6.45, 7) is 5.32. The third-order valence-corrected chi connectivity index (χ3v) is 3.67. The van der Waals surface area contributed by atoms with E-state index in [4.69, 9.17) is 11.5 Å². The highest BCUT2D eigenvalue weighted by atomic mass is 16.1. The molecule has 0 radical (unpaired) electrons. The minimum Gasteiger partial charge on any atom is -0.369 e. The summed E-state index contributed by atoms with van der Waals surface area (Å²) in [4.78, 5) is 43.2. The summed E-state index contributed by atoms with van der Waals surface area (Å²) in [5.41, 5.74) is 11.9. The Morgan fingerprint density at radius 3 is 1.58 bits per heavy atom. The Morgan fingerprint density at radius 1 is 0.846 bits per heavy atom. The van der Waals surface area contributed by atoms with Gasteiger partial charge in [-0.15, -0.1) is 0 Å². The Bertz CT molecular complexity index is 1090. The predicted molar refractivity (Wildman–Crippen MR) is 96.5 cm³/mol. The van der Waals surface area contributed by atoms with Gasteiger partial charge in [0.15, 0.2) is 22.3 Å². The summed E-state index contributed by atoms with van der Waals surface area (Å²) in [5, 5.41) is 0. The van der Waals surface area contributed by atoms with E-state index in [1.165, 1.54) is 0 Å². The van der Waals surface area contributed by atoms with Crippen LogP contribution in [0.15, 0.2) is 22.2 Å². The van der Waals surface area contributed by atoms with Crippen LogP contribution >= 0.6 is 0 Å². The second kappa shape index (κ2) is 6.66. The molecule has 12 nitrogen and oxygen atoms in total. The molecule has 4 rings (SSSR count). The molecule has 0 aromatic carbocycles. The Balaban J connectivity index is 0.000000151. The molecule has 0 atom stereocenters. The first-order valence-corrected chi connectivity index (χ1v) is 7.85. The van der Waals surface area contributed by atoms with Crippen LogP contribution in [0.4, 0.5) is 11.9 Å². The lowest BCUT2D eigenvalue weighted by Gasteiger charge is -1.97. The monoisotopic (exact) mass is 358 g/mol. The van der Waals surface area contributed by atoms with E-state index >= 15 is 0 Å². The molecule has 0 unspecified atom stereocenters. The lowest BCUT2D eigenvalue weighted by molar-refractivity contribution is 0.777. The molecule has 0 aliphatic heterocycles. The number of aryl methyl sites for hydroxylation is 2. The summed E-state index contributed by atoms with van der Waals surface area (Å²) in [7, 11) is 0. The number of aromatic amines is 2. The molecule has 0 amide bonds. The second-order valence-electron chi connectivity index (χ2n) is 5.31. The molecule has 0 saturated carbocycles. The van der Waals surface area contributed by atoms with Crippen LogP contribution in [-0.2, 0) is 13.1 Å². The third kappa shape index (κ3) is 2.99. The highest BCUT2D eigenvalue weighted by Gasteiger charge is 2.07. The number of hydrogen-bond donors (Lipinski definition) is 4. The van der Waals surface area contributed by atoms with Crippen molar-refractivity contribution in [2.45, 2.75) is 26.9 Å². The fourth-order valence-corrected chi connectivity index (χ4v) is 2.40. The van der Waals surface area contributed by atoms with Gasteiger partial charge in [-0.3, -0.25) is 19.6 Å². The highest BCUT2D eigenvalue weighted by Crippen LogP contribution is 2.06. The van der Waals surface area contributed by atoms with E-state index in [0.717, 1.165) is 0 Å². The summed E-state index contributed by atoms with van der Waals surface area (Å²) >= 11 is 0. The van der Waals surface area contributed by atoms with Crippen molar-refractivity contribution in [1.82, 2.24) is 39.0 Å². The van der Waals surface area contributed by atoms with Gasteiger partial charge in [0.2, 0.25) is 11.9 Å². The van der Waals surface area contributed by atoms with Gasteiger partial charge in [0.05, 0.1) is 12.7 Å². The lowest BCUT2D eigenvalue weighted by atomic mass is 10.5. The molecule has 4 aromatic heterocycles. The molecule has 6 N–H and O–H groups in total. The highest BCUT2D eigenvalue weighted by molar-refractivity contribution is 5.71. The standard InChI is InChI=1S/2C7H9N5O/c2*1-2-12-3-9-4-5(12)10-7(8)11-6(4)13/h2*3H,2H2,1H3,(H3,8,10,11,13). The number of nitrogens with one attached hydrogen (secondary N) is 2. The molecule has 12 heteroatoms. The van der Waals surface area contributed by atoms with Gasteiger partial charge in [-0.25, -0.2) is 9.97 Å². The number of aromatic nitrogens is 8. The van der Waals surface area contributed by atoms with Crippen molar-refractivity contribution in [3.63, 3.8) is 0 Å². The Morgan fingerprint density at radius 2 is 1.23 bits per heavy atom. The van der Waals surface area contributed by atoms with Gasteiger partial charge < -0.3 is 20.6 Å². The molecule has 0 saturated heterocycles. The fourth-order valence-electron chi connectivity index (χ4n) is 2.40. The van der Waals surface area contributed by atoms with Crippen LogP contribution in [0.3, 0.4) is 0 Å². The van der Waals surface area contributed by atoms with Gasteiger partial charge in [0.1, 0.15) is 0 Å². The Kier molecular flexibility index (Phi) is 4.39. The van der Waals surface area contributed by atoms with E-state index in [1.807, 2.05) is 13.8 Å². The van der Waals surface area contributed by atoms with Gasteiger partial charge in [0.25, 0.3) is 11.1 Å². The molecule has 136 valence electrons. The maximum Gasteiger partial charge on any atom is 0.280 e. The van der Waals surface area contributed by atoms with Crippen LogP contribution < -0.4 is 22.6 Å². The first kappa shape index (κ1) is 17.1. The molecule has 26 heavy (non-hydrogen) atoms. The molecule has 0 spiro atoms. The average Bonchev–Trinajstić information content (AvgIpc) is 3.19. The predicted octanol–water partition coefficient (Wildman–Crippen LogP) is -0.557. The topological polar surface area (TPSA) is 179 Å². The minimum absolute atomic E-state index is 0.118. The number of nitrogen functional groups attached to an aromatic ring is 2. The second-order valence-corrected chi connectivity index (χ2v) is 5.31. The van der Waals surface area contributed by atoms with Crippen molar-refractivity contribution in [3.8, 4) is 0 Å². The van der Waals surface area contributed by atoms with Crippen molar-refractivity contribution in [2.24, 2.45) is 0 Å². The normalized spacial score (nSPS) is 10.8. The molecule has 0 aliphatic carbocycles. The van der Waals surface area contributed by atoms with Crippen molar-refractivity contribution < 1.29 is 0 Å². The smallest absolute Gasteiger partial charge is 0.280 e. The summed E-state index contributed by atoms with van der Waals surface area (Å²) in [6.07, 6.45) is 3.15. The largest absolute Gasteiger partial charge is 0.369 e. The number of rotatable bonds is 2. The van der Waals surface area contributed by atoms with E-state index in [2.05, 4.69) is 29.9 Å². The minimum atomic E-state index is -0.297. The van der Waals surface area contributed by atoms with Crippen LogP contribution in [0.25, 0.3) is 22.3 Å². The quantitative estimate of drug-likeness (QED) is 0.368. The van der Waals surface area contributed by atoms with E-state index in [1.54, 1.807) is 21.8 Å². The molecule has 0 aliphatic rings. The molecule has 0 fully saturated rings. The zero-order chi connectivity index (χ0) is 18.8. The van der Waals surface area contributed by atoms with Crippen molar-refractivity contribution >= 4 is 34.2 Å². The van der Waals surface area contributed by atoms with Crippen LogP contribution in [0.2, 0.25) is 0 Å². The van der Waals surface area contributed by atoms with Gasteiger partial charge >= 0.3 is 0 Å². The van der Waals surface area contributed by atoms with E-state index in [9.17, 15) is 9.59 Å². The zero-order valence-electron chi connectivity index (χ0n) is 14.2. The Labute approximate surface area is 145 Å². The van der Waals surface area contributed by atoms with Gasteiger partial charge in [-0.2, -0.15) is 9.97 Å². The first-order chi connectivity index (χ1) is 12.4. The molecule has 0 bridgehead atoms. The van der Waals surface area contributed by atoms with Crippen LogP contribution in [0.5, 0.6) is 0 Å². The lowest BCUT2D eigenvalue weighted by Crippen LogP contribution is -2.12. The number of anilines is 2. The van der Waals surface area contributed by atoms with Crippen molar-refractivity contribution in [2.75, 3.05) is 11.5 Å². The van der Waals surface area contributed by atoms with E-state index in [-0.39, 0.29) is 23.0 Å². The molecular formula is C14H18N10O2. The van der Waals surface area contributed by atoms with Crippen LogP contribution in [0.1, 0.15) is 13.8 Å². The third-order valence-electron chi connectivity index (χ3n) is 3.67. The van der Waals surface area contributed by atoms with E-state index < -0.39 is 0 Å². The maximum atomic E-state index is 11.3. The van der Waals surface area contributed by atoms with Gasteiger partial charge in [-0.1, -0.05) is 0 Å². The van der Waals surface area contributed by atoms with Crippen LogP contribution in [0, 0.1) is 0 Å². The van der Waals surface area contributed by atoms with E-state index in [0.29, 0.717) is 35.4 Å². The number of nitrogens with two attached hydrogens (primary N) is 2. The van der Waals surface area contributed by atoms with Gasteiger partial charge in [0, 0.05) is 13.1 Å². The summed E-state index contributed by atoms with van der Waals surface area (Å²) < 4.78 is 3.53. The molecule has 4 aromatic rings. The van der Waals surface area contributed by atoms with Gasteiger partial charge in [-0.05, 0) is 13.8 Å². The SMILES string of the molecule is CCn1cnc2c(=O)[nH]c(N)nc21.CCn1cnc2c(=O)[nH]c(N)nc21.